The van der Waals surface area contributed by atoms with E-state index in [4.69, 9.17) is 0 Å². The fourth-order valence-corrected chi connectivity index (χ4v) is 4.59. The zero-order chi connectivity index (χ0) is 21.2. The Morgan fingerprint density at radius 3 is 2.74 bits per heavy atom. The summed E-state index contributed by atoms with van der Waals surface area (Å²) in [7, 11) is 0. The molecule has 8 heteroatoms. The predicted molar refractivity (Wildman–Crippen MR) is 119 cm³/mol. The summed E-state index contributed by atoms with van der Waals surface area (Å²) in [6.45, 7) is 0. The number of aliphatic hydroxyl groups excluding tert-OH is 1. The molecule has 4 heterocycles. The first-order valence-corrected chi connectivity index (χ1v) is 10.8. The number of aliphatic hydroxyl groups is 1. The van der Waals surface area contributed by atoms with E-state index < -0.39 is 0 Å². The van der Waals surface area contributed by atoms with Crippen LogP contribution in [0.3, 0.4) is 0 Å². The Morgan fingerprint density at radius 2 is 1.97 bits per heavy atom. The number of carbonyl (C=O) groups is 1. The van der Waals surface area contributed by atoms with Crippen LogP contribution in [-0.4, -0.2) is 42.7 Å². The minimum atomic E-state index is -0.370. The van der Waals surface area contributed by atoms with Crippen LogP contribution >= 0.6 is 11.3 Å². The monoisotopic (exact) mass is 429 g/mol. The summed E-state index contributed by atoms with van der Waals surface area (Å²) in [5.41, 5.74) is 3.28. The van der Waals surface area contributed by atoms with Crippen molar-refractivity contribution >= 4 is 23.0 Å². The molecule has 0 radical (unpaired) electrons. The molecule has 1 atom stereocenters. The van der Waals surface area contributed by atoms with Crippen molar-refractivity contribution in [3.05, 3.63) is 89.2 Å². The van der Waals surface area contributed by atoms with Gasteiger partial charge in [0.05, 0.1) is 23.7 Å². The normalized spacial score (nSPS) is 18.4. The number of pyridine rings is 2. The zero-order valence-corrected chi connectivity index (χ0v) is 17.4. The maximum atomic E-state index is 13.5. The van der Waals surface area contributed by atoms with Gasteiger partial charge in [0.25, 0.3) is 5.91 Å². The third kappa shape index (κ3) is 3.77. The van der Waals surface area contributed by atoms with Gasteiger partial charge in [0.15, 0.2) is 0 Å². The SMILES string of the molecule is O=C(c1cnc(-c2ccncc2)s1)N1N=C(c2cccnc2)CC1C1=C(O)CCC=C1. The number of nitrogens with zero attached hydrogens (tertiary/aromatic N) is 5. The molecule has 7 nitrogen and oxygen atoms in total. The minimum absolute atomic E-state index is 0.235. The van der Waals surface area contributed by atoms with Crippen molar-refractivity contribution in [1.29, 1.82) is 0 Å². The Hall–Kier alpha value is -3.65. The zero-order valence-electron chi connectivity index (χ0n) is 16.5. The van der Waals surface area contributed by atoms with Crippen molar-refractivity contribution in [2.75, 3.05) is 0 Å². The Morgan fingerprint density at radius 1 is 1.10 bits per heavy atom. The Labute approximate surface area is 183 Å². The lowest BCUT2D eigenvalue weighted by Crippen LogP contribution is -2.34. The lowest BCUT2D eigenvalue weighted by molar-refractivity contribution is 0.0739. The smallest absolute Gasteiger partial charge is 0.286 e. The van der Waals surface area contributed by atoms with Crippen LogP contribution in [0.2, 0.25) is 0 Å². The second-order valence-corrected chi connectivity index (χ2v) is 8.30. The van der Waals surface area contributed by atoms with Gasteiger partial charge in [-0.15, -0.1) is 11.3 Å². The van der Waals surface area contributed by atoms with Crippen molar-refractivity contribution in [2.45, 2.75) is 25.3 Å². The molecule has 1 amide bonds. The van der Waals surface area contributed by atoms with Crippen LogP contribution in [-0.2, 0) is 0 Å². The van der Waals surface area contributed by atoms with Crippen molar-refractivity contribution in [2.24, 2.45) is 5.10 Å². The number of rotatable bonds is 4. The molecule has 0 aromatic carbocycles. The maximum Gasteiger partial charge on any atom is 0.286 e. The largest absolute Gasteiger partial charge is 0.512 e. The first kappa shape index (κ1) is 19.3. The molecule has 0 saturated carbocycles. The number of hydrogen-bond acceptors (Lipinski definition) is 7. The molecule has 0 spiro atoms. The van der Waals surface area contributed by atoms with Gasteiger partial charge in [-0.05, 0) is 24.6 Å². The maximum absolute atomic E-state index is 13.5. The first-order valence-electron chi connectivity index (χ1n) is 9.97. The molecule has 3 aromatic rings. The summed E-state index contributed by atoms with van der Waals surface area (Å²) >= 11 is 1.32. The van der Waals surface area contributed by atoms with Gasteiger partial charge in [-0.25, -0.2) is 9.99 Å². The molecule has 1 aliphatic carbocycles. The number of hydrogen-bond donors (Lipinski definition) is 1. The molecule has 2 aliphatic rings. The highest BCUT2D eigenvalue weighted by Crippen LogP contribution is 2.33. The molecule has 1 N–H and O–H groups in total. The van der Waals surface area contributed by atoms with Crippen molar-refractivity contribution in [3.63, 3.8) is 0 Å². The summed E-state index contributed by atoms with van der Waals surface area (Å²) in [4.78, 5) is 26.6. The summed E-state index contributed by atoms with van der Waals surface area (Å²) in [6.07, 6.45) is 14.2. The highest BCUT2D eigenvalue weighted by atomic mass is 32.1. The van der Waals surface area contributed by atoms with E-state index in [9.17, 15) is 9.90 Å². The van der Waals surface area contributed by atoms with Crippen molar-refractivity contribution < 1.29 is 9.90 Å². The number of hydrazone groups is 1. The fourth-order valence-electron chi connectivity index (χ4n) is 3.74. The number of carbonyl (C=O) groups excluding carboxylic acids is 1. The molecule has 0 bridgehead atoms. The van der Waals surface area contributed by atoms with E-state index in [1.165, 1.54) is 16.3 Å². The number of allylic oxidation sites excluding steroid dienone is 2. The number of amides is 1. The van der Waals surface area contributed by atoms with Crippen molar-refractivity contribution in [3.8, 4) is 10.6 Å². The summed E-state index contributed by atoms with van der Waals surface area (Å²) in [5.74, 6) is 0.0793. The lowest BCUT2D eigenvalue weighted by atomic mass is 9.93. The Bertz CT molecular complexity index is 1200. The van der Waals surface area contributed by atoms with E-state index in [-0.39, 0.29) is 11.9 Å². The van der Waals surface area contributed by atoms with Crippen LogP contribution in [0.4, 0.5) is 0 Å². The molecule has 0 fully saturated rings. The third-order valence-electron chi connectivity index (χ3n) is 5.29. The number of aromatic nitrogens is 3. The summed E-state index contributed by atoms with van der Waals surface area (Å²) < 4.78 is 0. The summed E-state index contributed by atoms with van der Waals surface area (Å²) in [6, 6.07) is 7.13. The second-order valence-electron chi connectivity index (χ2n) is 7.27. The molecular formula is C23H19N5O2S. The molecule has 3 aromatic heterocycles. The first-order chi connectivity index (χ1) is 15.2. The molecular weight excluding hydrogens is 410 g/mol. The fraction of sp³-hybridized carbons (Fsp3) is 0.174. The Balaban J connectivity index is 1.50. The van der Waals surface area contributed by atoms with Crippen molar-refractivity contribution in [1.82, 2.24) is 20.0 Å². The standard InChI is InChI=1S/C23H19N5O2S/c29-20-6-2-1-5-17(20)19-12-18(16-4-3-9-25-13-16)27-28(19)23(30)21-14-26-22(31-21)15-7-10-24-11-8-15/h1,3-5,7-11,13-14,19,29H,2,6,12H2. The Kier molecular flexibility index (Phi) is 5.13. The van der Waals surface area contributed by atoms with Crippen LogP contribution in [0.25, 0.3) is 10.6 Å². The van der Waals surface area contributed by atoms with Gasteiger partial charge in [0.2, 0.25) is 0 Å². The van der Waals surface area contributed by atoms with E-state index in [1.54, 1.807) is 31.0 Å². The topological polar surface area (TPSA) is 91.6 Å². The van der Waals surface area contributed by atoms with Gasteiger partial charge in [0, 0.05) is 54.3 Å². The molecule has 154 valence electrons. The van der Waals surface area contributed by atoms with E-state index in [0.29, 0.717) is 23.5 Å². The lowest BCUT2D eigenvalue weighted by Gasteiger charge is -2.24. The van der Waals surface area contributed by atoms with Gasteiger partial charge < -0.3 is 5.11 Å². The van der Waals surface area contributed by atoms with Crippen LogP contribution in [0.5, 0.6) is 0 Å². The number of thiazole rings is 1. The average Bonchev–Trinajstić information content (AvgIpc) is 3.48. The quantitative estimate of drug-likeness (QED) is 0.664. The second kappa shape index (κ2) is 8.23. The van der Waals surface area contributed by atoms with Gasteiger partial charge >= 0.3 is 0 Å². The molecule has 31 heavy (non-hydrogen) atoms. The van der Waals surface area contributed by atoms with Gasteiger partial charge in [-0.1, -0.05) is 18.2 Å². The van der Waals surface area contributed by atoms with E-state index in [1.807, 2.05) is 36.4 Å². The van der Waals surface area contributed by atoms with Crippen LogP contribution in [0.1, 0.15) is 34.5 Å². The summed E-state index contributed by atoms with van der Waals surface area (Å²) in [5, 5.41) is 17.4. The van der Waals surface area contributed by atoms with E-state index >= 15 is 0 Å². The highest BCUT2D eigenvalue weighted by molar-refractivity contribution is 7.16. The van der Waals surface area contributed by atoms with E-state index in [0.717, 1.165) is 33.8 Å². The predicted octanol–water partition coefficient (Wildman–Crippen LogP) is 4.38. The molecule has 1 unspecified atom stereocenters. The molecule has 0 saturated heterocycles. The molecule has 5 rings (SSSR count). The average molecular weight is 430 g/mol. The van der Waals surface area contributed by atoms with Gasteiger partial charge in [-0.2, -0.15) is 5.10 Å². The molecule has 1 aliphatic heterocycles. The highest BCUT2D eigenvalue weighted by Gasteiger charge is 2.36. The van der Waals surface area contributed by atoms with Gasteiger partial charge in [0.1, 0.15) is 9.88 Å². The van der Waals surface area contributed by atoms with Crippen LogP contribution < -0.4 is 0 Å². The van der Waals surface area contributed by atoms with E-state index in [2.05, 4.69) is 20.1 Å². The van der Waals surface area contributed by atoms with Crippen LogP contribution in [0.15, 0.2) is 83.8 Å². The third-order valence-corrected chi connectivity index (χ3v) is 6.33. The van der Waals surface area contributed by atoms with Gasteiger partial charge in [-0.3, -0.25) is 14.8 Å². The minimum Gasteiger partial charge on any atom is -0.512 e. The van der Waals surface area contributed by atoms with Crippen LogP contribution in [0, 0.1) is 0 Å².